The number of rotatable bonds is 1. The van der Waals surface area contributed by atoms with Gasteiger partial charge >= 0.3 is 6.36 Å². The van der Waals surface area contributed by atoms with Crippen molar-refractivity contribution in [3.05, 3.63) is 63.0 Å². The summed E-state index contributed by atoms with van der Waals surface area (Å²) in [4.78, 5) is 0. The Morgan fingerprint density at radius 1 is 0.857 bits per heavy atom. The molecule has 0 saturated carbocycles. The molecule has 7 heteroatoms. The molecule has 0 aliphatic rings. The first-order chi connectivity index (χ1) is 9.80. The fourth-order valence-corrected chi connectivity index (χ4v) is 1.69. The number of nitriles is 1. The number of ether oxygens (including phenoxy) is 1. The summed E-state index contributed by atoms with van der Waals surface area (Å²) in [5.74, 6) is -0.217. The number of hydrogen-bond acceptors (Lipinski definition) is 2. The third kappa shape index (κ3) is 7.73. The van der Waals surface area contributed by atoms with E-state index < -0.39 is 6.36 Å². The first-order valence-electron chi connectivity index (χ1n) is 5.47. The van der Waals surface area contributed by atoms with Crippen LogP contribution in [0.4, 0.5) is 13.2 Å². The van der Waals surface area contributed by atoms with Gasteiger partial charge < -0.3 is 4.74 Å². The summed E-state index contributed by atoms with van der Waals surface area (Å²) < 4.78 is 40.2. The predicted molar refractivity (Wildman–Crippen MR) is 79.7 cm³/mol. The van der Waals surface area contributed by atoms with Gasteiger partial charge in [-0.15, -0.1) is 13.2 Å². The summed E-state index contributed by atoms with van der Waals surface area (Å²) in [6.07, 6.45) is -4.62. The van der Waals surface area contributed by atoms with Crippen LogP contribution >= 0.6 is 31.9 Å². The van der Waals surface area contributed by atoms with E-state index in [4.69, 9.17) is 5.26 Å². The van der Waals surface area contributed by atoms with Crippen molar-refractivity contribution in [2.75, 3.05) is 0 Å². The van der Waals surface area contributed by atoms with E-state index in [0.29, 0.717) is 10.0 Å². The zero-order valence-electron chi connectivity index (χ0n) is 10.4. The van der Waals surface area contributed by atoms with Crippen molar-refractivity contribution in [1.29, 1.82) is 5.26 Å². The summed E-state index contributed by atoms with van der Waals surface area (Å²) in [5, 5.41) is 8.36. The van der Waals surface area contributed by atoms with E-state index in [1.165, 1.54) is 24.3 Å². The molecule has 0 heterocycles. The van der Waals surface area contributed by atoms with Gasteiger partial charge in [-0.05, 0) is 48.5 Å². The summed E-state index contributed by atoms with van der Waals surface area (Å²) in [6, 6.07) is 14.7. The van der Waals surface area contributed by atoms with Crippen LogP contribution in [0.5, 0.6) is 5.75 Å². The Bertz CT molecular complexity index is 604. The largest absolute Gasteiger partial charge is 0.573 e. The molecule has 0 aromatic heterocycles. The summed E-state index contributed by atoms with van der Waals surface area (Å²) in [5.41, 5.74) is 0.693. The van der Waals surface area contributed by atoms with Crippen LogP contribution in [0.3, 0.4) is 0 Å². The highest BCUT2D eigenvalue weighted by molar-refractivity contribution is 9.10. The van der Waals surface area contributed by atoms with Crippen LogP contribution in [0.2, 0.25) is 0 Å². The van der Waals surface area contributed by atoms with Crippen LogP contribution in [-0.2, 0) is 0 Å². The lowest BCUT2D eigenvalue weighted by Crippen LogP contribution is -2.16. The molecule has 2 aromatic carbocycles. The van der Waals surface area contributed by atoms with Gasteiger partial charge in [0.25, 0.3) is 0 Å². The van der Waals surface area contributed by atoms with E-state index in [-0.39, 0.29) is 5.75 Å². The van der Waals surface area contributed by atoms with Crippen molar-refractivity contribution in [3.63, 3.8) is 0 Å². The van der Waals surface area contributed by atoms with Crippen molar-refractivity contribution in [2.24, 2.45) is 0 Å². The highest BCUT2D eigenvalue weighted by Gasteiger charge is 2.30. The molecule has 21 heavy (non-hydrogen) atoms. The maximum atomic E-state index is 11.6. The molecule has 0 bridgehead atoms. The van der Waals surface area contributed by atoms with Crippen LogP contribution in [0, 0.1) is 11.3 Å². The maximum Gasteiger partial charge on any atom is 0.573 e. The molecular formula is C14H8Br2F3NO. The van der Waals surface area contributed by atoms with Crippen LogP contribution in [0.1, 0.15) is 5.56 Å². The number of hydrogen-bond donors (Lipinski definition) is 0. The SMILES string of the molecule is FC(F)(F)Oc1ccc(Br)cc1.N#Cc1ccc(Br)cc1. The van der Waals surface area contributed by atoms with Crippen molar-refractivity contribution in [3.8, 4) is 11.8 Å². The van der Waals surface area contributed by atoms with E-state index in [0.717, 1.165) is 4.47 Å². The van der Waals surface area contributed by atoms with E-state index >= 15 is 0 Å². The van der Waals surface area contributed by atoms with Gasteiger partial charge in [0.05, 0.1) is 11.6 Å². The minimum Gasteiger partial charge on any atom is -0.406 e. The van der Waals surface area contributed by atoms with Gasteiger partial charge in [0.15, 0.2) is 0 Å². The van der Waals surface area contributed by atoms with Crippen molar-refractivity contribution >= 4 is 31.9 Å². The molecule has 0 fully saturated rings. The van der Waals surface area contributed by atoms with E-state index in [1.807, 2.05) is 18.2 Å². The van der Waals surface area contributed by atoms with Crippen LogP contribution < -0.4 is 4.74 Å². The third-order valence-corrected chi connectivity index (χ3v) is 3.08. The van der Waals surface area contributed by atoms with Gasteiger partial charge in [-0.1, -0.05) is 31.9 Å². The molecule has 0 spiro atoms. The molecule has 2 nitrogen and oxygen atoms in total. The van der Waals surface area contributed by atoms with Gasteiger partial charge in [-0.3, -0.25) is 0 Å². The molecule has 0 aliphatic carbocycles. The number of benzene rings is 2. The maximum absolute atomic E-state index is 11.6. The lowest BCUT2D eigenvalue weighted by atomic mass is 10.2. The molecule has 0 unspecified atom stereocenters. The average molecular weight is 423 g/mol. The Balaban J connectivity index is 0.000000219. The Kier molecular flexibility index (Phi) is 6.72. The van der Waals surface area contributed by atoms with E-state index in [1.54, 1.807) is 12.1 Å². The van der Waals surface area contributed by atoms with Crippen molar-refractivity contribution in [1.82, 2.24) is 0 Å². The normalized spacial score (nSPS) is 10.1. The molecule has 0 saturated heterocycles. The average Bonchev–Trinajstić information content (AvgIpc) is 2.42. The second-order valence-electron chi connectivity index (χ2n) is 3.62. The molecule has 110 valence electrons. The number of nitrogens with zero attached hydrogens (tertiary/aromatic N) is 1. The lowest BCUT2D eigenvalue weighted by Gasteiger charge is -2.07. The monoisotopic (exact) mass is 421 g/mol. The van der Waals surface area contributed by atoms with Crippen LogP contribution in [0.15, 0.2) is 57.5 Å². The molecule has 2 rings (SSSR count). The van der Waals surface area contributed by atoms with Gasteiger partial charge in [-0.25, -0.2) is 0 Å². The zero-order chi connectivity index (χ0) is 15.9. The Morgan fingerprint density at radius 3 is 1.67 bits per heavy atom. The number of alkyl halides is 3. The summed E-state index contributed by atoms with van der Waals surface area (Å²) >= 11 is 6.35. The molecular weight excluding hydrogens is 415 g/mol. The standard InChI is InChI=1S/C7H4BrF3O.C7H4BrN/c8-5-1-3-6(4-2-5)12-7(9,10)11;8-7-3-1-6(5-9)2-4-7/h1-4H;1-4H. The van der Waals surface area contributed by atoms with Crippen LogP contribution in [-0.4, -0.2) is 6.36 Å². The molecule has 0 amide bonds. The van der Waals surface area contributed by atoms with E-state index in [2.05, 4.69) is 36.6 Å². The molecule has 0 aliphatic heterocycles. The topological polar surface area (TPSA) is 33.0 Å². The highest BCUT2D eigenvalue weighted by Crippen LogP contribution is 2.23. The molecule has 0 radical (unpaired) electrons. The summed E-state index contributed by atoms with van der Waals surface area (Å²) in [6.45, 7) is 0. The fourth-order valence-electron chi connectivity index (χ4n) is 1.16. The minimum atomic E-state index is -4.62. The van der Waals surface area contributed by atoms with Gasteiger partial charge in [0, 0.05) is 8.95 Å². The third-order valence-electron chi connectivity index (χ3n) is 2.02. The Labute approximate surface area is 136 Å². The fraction of sp³-hybridized carbons (Fsp3) is 0.0714. The second kappa shape index (κ2) is 8.05. The smallest absolute Gasteiger partial charge is 0.406 e. The Morgan fingerprint density at radius 2 is 1.29 bits per heavy atom. The predicted octanol–water partition coefficient (Wildman–Crippen LogP) is 5.67. The van der Waals surface area contributed by atoms with Crippen LogP contribution in [0.25, 0.3) is 0 Å². The minimum absolute atomic E-state index is 0.217. The molecule has 0 atom stereocenters. The Hall–Kier alpha value is -1.52. The highest BCUT2D eigenvalue weighted by atomic mass is 79.9. The van der Waals surface area contributed by atoms with Gasteiger partial charge in [-0.2, -0.15) is 5.26 Å². The lowest BCUT2D eigenvalue weighted by molar-refractivity contribution is -0.274. The first kappa shape index (κ1) is 17.5. The zero-order valence-corrected chi connectivity index (χ0v) is 13.5. The van der Waals surface area contributed by atoms with Gasteiger partial charge in [0.1, 0.15) is 5.75 Å². The molecule has 2 aromatic rings. The van der Waals surface area contributed by atoms with Crippen molar-refractivity contribution in [2.45, 2.75) is 6.36 Å². The molecule has 0 N–H and O–H groups in total. The van der Waals surface area contributed by atoms with E-state index in [9.17, 15) is 13.2 Å². The van der Waals surface area contributed by atoms with Crippen molar-refractivity contribution < 1.29 is 17.9 Å². The summed E-state index contributed by atoms with van der Waals surface area (Å²) in [7, 11) is 0. The quantitative estimate of drug-likeness (QED) is 0.593. The van der Waals surface area contributed by atoms with Gasteiger partial charge in [0.2, 0.25) is 0 Å². The first-order valence-corrected chi connectivity index (χ1v) is 7.06. The number of halogens is 5. The second-order valence-corrected chi connectivity index (χ2v) is 5.45.